The van der Waals surface area contributed by atoms with E-state index in [-0.39, 0.29) is 5.92 Å². The Morgan fingerprint density at radius 3 is 2.63 bits per heavy atom. The summed E-state index contributed by atoms with van der Waals surface area (Å²) in [5.74, 6) is 0.270. The van der Waals surface area contributed by atoms with Crippen molar-refractivity contribution in [2.45, 2.75) is 18.8 Å². The number of hydrogen-bond acceptors (Lipinski definition) is 4. The Hall–Kier alpha value is -3.76. The number of aliphatic imine (C=N–C) groups is 1. The maximum atomic E-state index is 9.17. The Morgan fingerprint density at radius 2 is 1.85 bits per heavy atom. The highest BCUT2D eigenvalue weighted by Crippen LogP contribution is 2.35. The van der Waals surface area contributed by atoms with E-state index in [1.165, 1.54) is 11.1 Å². The molecular weight excluding hydrogens is 332 g/mol. The number of nitriles is 2. The summed E-state index contributed by atoms with van der Waals surface area (Å²) in [7, 11) is 0. The van der Waals surface area contributed by atoms with Crippen LogP contribution in [0, 0.1) is 22.8 Å². The maximum Gasteiger partial charge on any atom is 0.205 e. The molecule has 0 saturated heterocycles. The molecule has 1 atom stereocenters. The van der Waals surface area contributed by atoms with Gasteiger partial charge in [0, 0.05) is 18.0 Å². The van der Waals surface area contributed by atoms with Crippen molar-refractivity contribution in [1.29, 1.82) is 10.5 Å². The highest BCUT2D eigenvalue weighted by Gasteiger charge is 2.25. The summed E-state index contributed by atoms with van der Waals surface area (Å²) in [6.45, 7) is 0. The van der Waals surface area contributed by atoms with Gasteiger partial charge >= 0.3 is 0 Å². The Morgan fingerprint density at radius 1 is 0.963 bits per heavy atom. The van der Waals surface area contributed by atoms with Crippen molar-refractivity contribution in [3.05, 3.63) is 89.2 Å². The minimum Gasteiger partial charge on any atom is -0.264 e. The van der Waals surface area contributed by atoms with Crippen molar-refractivity contribution in [2.75, 3.05) is 0 Å². The van der Waals surface area contributed by atoms with Gasteiger partial charge in [0.15, 0.2) is 0 Å². The zero-order chi connectivity index (χ0) is 18.6. The Labute approximate surface area is 158 Å². The van der Waals surface area contributed by atoms with Gasteiger partial charge in [0.1, 0.15) is 0 Å². The van der Waals surface area contributed by atoms with Crippen molar-refractivity contribution < 1.29 is 0 Å². The van der Waals surface area contributed by atoms with E-state index in [0.717, 1.165) is 28.8 Å². The van der Waals surface area contributed by atoms with Crippen LogP contribution in [0.4, 0.5) is 0 Å². The lowest BCUT2D eigenvalue weighted by Gasteiger charge is -2.26. The largest absolute Gasteiger partial charge is 0.264 e. The van der Waals surface area contributed by atoms with Gasteiger partial charge in [0.2, 0.25) is 6.19 Å². The lowest BCUT2D eigenvalue weighted by molar-refractivity contribution is 0.693. The molecule has 0 amide bonds. The van der Waals surface area contributed by atoms with E-state index in [9.17, 15) is 0 Å². The van der Waals surface area contributed by atoms with Gasteiger partial charge in [0.05, 0.1) is 17.3 Å². The van der Waals surface area contributed by atoms with Gasteiger partial charge in [-0.05, 0) is 65.3 Å². The molecule has 4 nitrogen and oxygen atoms in total. The molecule has 1 aromatic heterocycles. The summed E-state index contributed by atoms with van der Waals surface area (Å²) >= 11 is 0. The second-order valence-corrected chi connectivity index (χ2v) is 6.61. The van der Waals surface area contributed by atoms with E-state index >= 15 is 0 Å². The van der Waals surface area contributed by atoms with Crippen LogP contribution in [0.5, 0.6) is 0 Å². The fourth-order valence-corrected chi connectivity index (χ4v) is 3.67. The van der Waals surface area contributed by atoms with E-state index in [4.69, 9.17) is 10.5 Å². The van der Waals surface area contributed by atoms with Crippen molar-refractivity contribution in [2.24, 2.45) is 4.99 Å². The second-order valence-electron chi connectivity index (χ2n) is 6.61. The SMILES string of the molecule is N#CN=C1CC(c2cccnc2)Cc2ccc(-c3cccc(C#N)c3)cc21. The summed E-state index contributed by atoms with van der Waals surface area (Å²) in [6, 6.07) is 20.0. The zero-order valence-corrected chi connectivity index (χ0v) is 14.6. The highest BCUT2D eigenvalue weighted by atomic mass is 14.7. The molecule has 128 valence electrons. The van der Waals surface area contributed by atoms with E-state index in [0.29, 0.717) is 12.0 Å². The van der Waals surface area contributed by atoms with Gasteiger partial charge in [-0.3, -0.25) is 4.98 Å². The van der Waals surface area contributed by atoms with E-state index in [1.807, 2.05) is 36.7 Å². The summed E-state index contributed by atoms with van der Waals surface area (Å²) in [6.07, 6.45) is 7.23. The van der Waals surface area contributed by atoms with Gasteiger partial charge in [-0.25, -0.2) is 0 Å². The van der Waals surface area contributed by atoms with E-state index < -0.39 is 0 Å². The number of rotatable bonds is 2. The van der Waals surface area contributed by atoms with Crippen molar-refractivity contribution >= 4 is 5.71 Å². The molecule has 3 aromatic rings. The van der Waals surface area contributed by atoms with Crippen molar-refractivity contribution in [1.82, 2.24) is 4.98 Å². The highest BCUT2D eigenvalue weighted by molar-refractivity contribution is 6.04. The number of pyridine rings is 1. The van der Waals surface area contributed by atoms with Gasteiger partial charge in [0.25, 0.3) is 0 Å². The molecule has 0 saturated carbocycles. The first kappa shape index (κ1) is 16.7. The molecular formula is C23H16N4. The van der Waals surface area contributed by atoms with Crippen LogP contribution < -0.4 is 0 Å². The van der Waals surface area contributed by atoms with Crippen LogP contribution in [-0.2, 0) is 6.42 Å². The van der Waals surface area contributed by atoms with E-state index in [2.05, 4.69) is 40.3 Å². The Kier molecular flexibility index (Phi) is 4.47. The minimum absolute atomic E-state index is 0.270. The standard InChI is InChI=1S/C23H16N4/c24-13-16-3-1-4-17(9-16)18-6-7-19-10-21(20-5-2-8-26-14-20)12-23(27-15-25)22(19)11-18/h1-9,11,14,21H,10,12H2. The lowest BCUT2D eigenvalue weighted by atomic mass is 9.78. The number of nitrogens with zero attached hydrogens (tertiary/aromatic N) is 4. The fourth-order valence-electron chi connectivity index (χ4n) is 3.67. The van der Waals surface area contributed by atoms with Crippen LogP contribution >= 0.6 is 0 Å². The lowest BCUT2D eigenvalue weighted by Crippen LogP contribution is -2.19. The molecule has 2 aromatic carbocycles. The first-order chi connectivity index (χ1) is 13.3. The topological polar surface area (TPSA) is 72.8 Å². The molecule has 0 radical (unpaired) electrons. The summed E-state index contributed by atoms with van der Waals surface area (Å²) in [5.41, 5.74) is 6.83. The van der Waals surface area contributed by atoms with Gasteiger partial charge in [-0.2, -0.15) is 15.5 Å². The molecule has 1 heterocycles. The Bertz CT molecular complexity index is 1100. The molecule has 4 rings (SSSR count). The van der Waals surface area contributed by atoms with Gasteiger partial charge in [-0.1, -0.05) is 30.3 Å². The molecule has 1 aliphatic carbocycles. The third kappa shape index (κ3) is 3.34. The summed E-state index contributed by atoms with van der Waals surface area (Å²) < 4.78 is 0. The summed E-state index contributed by atoms with van der Waals surface area (Å²) in [5, 5.41) is 18.3. The monoisotopic (exact) mass is 348 g/mol. The van der Waals surface area contributed by atoms with Crippen molar-refractivity contribution in [3.63, 3.8) is 0 Å². The van der Waals surface area contributed by atoms with Crippen LogP contribution in [0.1, 0.15) is 34.6 Å². The van der Waals surface area contributed by atoms with Crippen LogP contribution in [0.25, 0.3) is 11.1 Å². The quantitative estimate of drug-likeness (QED) is 0.634. The van der Waals surface area contributed by atoms with Crippen LogP contribution in [0.15, 0.2) is 72.0 Å². The Balaban J connectivity index is 1.76. The third-order valence-corrected chi connectivity index (χ3v) is 4.99. The average Bonchev–Trinajstić information content (AvgIpc) is 2.74. The molecule has 4 heteroatoms. The van der Waals surface area contributed by atoms with Crippen LogP contribution in [-0.4, -0.2) is 10.7 Å². The normalized spacial score (nSPS) is 17.0. The number of hydrogen-bond donors (Lipinski definition) is 0. The second kappa shape index (κ2) is 7.23. The zero-order valence-electron chi connectivity index (χ0n) is 14.6. The van der Waals surface area contributed by atoms with E-state index in [1.54, 1.807) is 12.3 Å². The van der Waals surface area contributed by atoms with Crippen molar-refractivity contribution in [3.8, 4) is 23.4 Å². The molecule has 0 bridgehead atoms. The first-order valence-corrected chi connectivity index (χ1v) is 8.78. The average molecular weight is 348 g/mol. The first-order valence-electron chi connectivity index (χ1n) is 8.78. The van der Waals surface area contributed by atoms with Crippen LogP contribution in [0.2, 0.25) is 0 Å². The minimum atomic E-state index is 0.270. The third-order valence-electron chi connectivity index (χ3n) is 4.99. The predicted octanol–water partition coefficient (Wildman–Crippen LogP) is 4.62. The molecule has 0 aliphatic heterocycles. The molecule has 27 heavy (non-hydrogen) atoms. The molecule has 0 fully saturated rings. The van der Waals surface area contributed by atoms with Crippen LogP contribution in [0.3, 0.4) is 0 Å². The summed E-state index contributed by atoms with van der Waals surface area (Å²) in [4.78, 5) is 8.34. The fraction of sp³-hybridized carbons (Fsp3) is 0.130. The molecule has 0 spiro atoms. The number of benzene rings is 2. The smallest absolute Gasteiger partial charge is 0.205 e. The molecule has 1 aliphatic rings. The maximum absolute atomic E-state index is 9.17. The predicted molar refractivity (Wildman–Crippen MR) is 104 cm³/mol. The number of aromatic nitrogens is 1. The molecule has 0 N–H and O–H groups in total. The van der Waals surface area contributed by atoms with Gasteiger partial charge < -0.3 is 0 Å². The van der Waals surface area contributed by atoms with Gasteiger partial charge in [-0.15, -0.1) is 0 Å². The number of fused-ring (bicyclic) bond motifs is 1. The molecule has 1 unspecified atom stereocenters.